The normalized spacial score (nSPS) is 11.1. The molecule has 1 amide bonds. The summed E-state index contributed by atoms with van der Waals surface area (Å²) < 4.78 is 6.91. The summed E-state index contributed by atoms with van der Waals surface area (Å²) in [6, 6.07) is 3.94. The van der Waals surface area contributed by atoms with Crippen LogP contribution < -0.4 is 10.5 Å². The number of primary amides is 1. The van der Waals surface area contributed by atoms with E-state index in [1.807, 2.05) is 13.0 Å². The first-order valence-corrected chi connectivity index (χ1v) is 6.17. The third-order valence-electron chi connectivity index (χ3n) is 3.04. The maximum atomic E-state index is 11.4. The Hall–Kier alpha value is -2.70. The molecule has 0 spiro atoms. The smallest absolute Gasteiger partial charge is 0.316 e. The molecule has 3 aromatic rings. The van der Waals surface area contributed by atoms with Gasteiger partial charge in [-0.1, -0.05) is 6.07 Å². The van der Waals surface area contributed by atoms with Crippen LogP contribution in [0.15, 0.2) is 18.3 Å². The highest BCUT2D eigenvalue weighted by molar-refractivity contribution is 6.11. The van der Waals surface area contributed by atoms with Crippen LogP contribution in [0, 0.1) is 0 Å². The number of carbonyl (C=O) groups excluding carboxylic acids is 1. The molecule has 0 unspecified atom stereocenters. The molecule has 1 aromatic carbocycles. The fourth-order valence-corrected chi connectivity index (χ4v) is 2.22. The number of fused-ring (bicyclic) bond motifs is 3. The number of nitrogens with zero attached hydrogens (tertiary/aromatic N) is 4. The minimum Gasteiger partial charge on any atom is -0.464 e. The summed E-state index contributed by atoms with van der Waals surface area (Å²) in [5.41, 5.74) is 7.00. The van der Waals surface area contributed by atoms with Crippen molar-refractivity contribution < 1.29 is 9.53 Å². The van der Waals surface area contributed by atoms with Gasteiger partial charge in [0.25, 0.3) is 5.91 Å². The summed E-state index contributed by atoms with van der Waals surface area (Å²) in [5, 5.41) is 5.68. The second-order valence-electron chi connectivity index (χ2n) is 4.32. The molecule has 7 nitrogen and oxygen atoms in total. The molecule has 2 aromatic heterocycles. The zero-order valence-corrected chi connectivity index (χ0v) is 11.1. The van der Waals surface area contributed by atoms with Crippen LogP contribution >= 0.6 is 0 Å². The number of ether oxygens (including phenoxy) is 1. The molecule has 2 heterocycles. The van der Waals surface area contributed by atoms with E-state index in [0.717, 1.165) is 10.9 Å². The molecule has 0 aliphatic rings. The predicted molar refractivity (Wildman–Crippen MR) is 73.5 cm³/mol. The molecule has 0 bridgehead atoms. The average Bonchev–Trinajstić information content (AvgIpc) is 2.77. The zero-order valence-electron chi connectivity index (χ0n) is 11.1. The van der Waals surface area contributed by atoms with Gasteiger partial charge in [-0.25, -0.2) is 4.98 Å². The molecular formula is C13H13N5O2. The maximum Gasteiger partial charge on any atom is 0.316 e. The first kappa shape index (κ1) is 12.3. The fraction of sp³-hybridized carbons (Fsp3) is 0.231. The van der Waals surface area contributed by atoms with Gasteiger partial charge in [0.15, 0.2) is 5.69 Å². The van der Waals surface area contributed by atoms with Crippen LogP contribution in [0.3, 0.4) is 0 Å². The highest BCUT2D eigenvalue weighted by Gasteiger charge is 2.16. The van der Waals surface area contributed by atoms with E-state index >= 15 is 0 Å². The van der Waals surface area contributed by atoms with Gasteiger partial charge in [0.05, 0.1) is 12.1 Å². The van der Waals surface area contributed by atoms with E-state index in [0.29, 0.717) is 23.5 Å². The highest BCUT2D eigenvalue weighted by Crippen LogP contribution is 2.26. The van der Waals surface area contributed by atoms with Crippen molar-refractivity contribution >= 4 is 27.7 Å². The van der Waals surface area contributed by atoms with Gasteiger partial charge in [-0.05, 0) is 13.0 Å². The summed E-state index contributed by atoms with van der Waals surface area (Å²) >= 11 is 0. The molecule has 0 fully saturated rings. The van der Waals surface area contributed by atoms with E-state index in [2.05, 4.69) is 15.1 Å². The van der Waals surface area contributed by atoms with Gasteiger partial charge in [-0.2, -0.15) is 10.1 Å². The Bertz CT molecular complexity index is 824. The minimum atomic E-state index is -0.561. The van der Waals surface area contributed by atoms with E-state index in [4.69, 9.17) is 10.5 Å². The average molecular weight is 271 g/mol. The molecule has 0 saturated carbocycles. The Morgan fingerprint density at radius 1 is 1.45 bits per heavy atom. The SMILES string of the molecule is CCOc1ncc2ccc3c(C(N)=O)nn(C)c3c2n1. The Balaban J connectivity index is 2.38. The number of carbonyl (C=O) groups is 1. The molecule has 0 atom stereocenters. The van der Waals surface area contributed by atoms with Crippen LogP contribution in [0.5, 0.6) is 6.01 Å². The van der Waals surface area contributed by atoms with Gasteiger partial charge in [0.2, 0.25) is 0 Å². The molecule has 7 heteroatoms. The Kier molecular flexibility index (Phi) is 2.74. The zero-order chi connectivity index (χ0) is 14.3. The molecule has 2 N–H and O–H groups in total. The van der Waals surface area contributed by atoms with Crippen LogP contribution in [0.4, 0.5) is 0 Å². The van der Waals surface area contributed by atoms with Gasteiger partial charge in [0, 0.05) is 24.0 Å². The first-order chi connectivity index (χ1) is 9.61. The van der Waals surface area contributed by atoms with Crippen molar-refractivity contribution in [1.82, 2.24) is 19.7 Å². The number of nitrogens with two attached hydrogens (primary N) is 1. The number of amides is 1. The van der Waals surface area contributed by atoms with Crippen molar-refractivity contribution in [3.8, 4) is 6.01 Å². The van der Waals surface area contributed by atoms with Crippen LogP contribution in [0.2, 0.25) is 0 Å². The van der Waals surface area contributed by atoms with Crippen LogP contribution in [-0.4, -0.2) is 32.3 Å². The van der Waals surface area contributed by atoms with Gasteiger partial charge in [-0.3, -0.25) is 9.48 Å². The third-order valence-corrected chi connectivity index (χ3v) is 3.04. The van der Waals surface area contributed by atoms with Crippen molar-refractivity contribution in [3.63, 3.8) is 0 Å². The van der Waals surface area contributed by atoms with Crippen molar-refractivity contribution in [2.45, 2.75) is 6.92 Å². The Labute approximate surface area is 114 Å². The van der Waals surface area contributed by atoms with Crippen molar-refractivity contribution in [2.24, 2.45) is 12.8 Å². The number of rotatable bonds is 3. The monoisotopic (exact) mass is 271 g/mol. The molecule has 0 saturated heterocycles. The van der Waals surface area contributed by atoms with Crippen LogP contribution in [0.25, 0.3) is 21.8 Å². The number of aromatic nitrogens is 4. The van der Waals surface area contributed by atoms with E-state index in [9.17, 15) is 4.79 Å². The van der Waals surface area contributed by atoms with E-state index in [1.165, 1.54) is 0 Å². The summed E-state index contributed by atoms with van der Waals surface area (Å²) in [4.78, 5) is 19.9. The lowest BCUT2D eigenvalue weighted by Gasteiger charge is -2.04. The van der Waals surface area contributed by atoms with Crippen LogP contribution in [0.1, 0.15) is 17.4 Å². The van der Waals surface area contributed by atoms with E-state index < -0.39 is 5.91 Å². The van der Waals surface area contributed by atoms with Crippen molar-refractivity contribution in [2.75, 3.05) is 6.61 Å². The minimum absolute atomic E-state index is 0.237. The predicted octanol–water partition coefficient (Wildman–Crippen LogP) is 1.01. The summed E-state index contributed by atoms with van der Waals surface area (Å²) in [6.07, 6.45) is 1.68. The lowest BCUT2D eigenvalue weighted by atomic mass is 10.1. The summed E-state index contributed by atoms with van der Waals surface area (Å²) in [6.45, 7) is 2.35. The number of benzene rings is 1. The van der Waals surface area contributed by atoms with Crippen LogP contribution in [-0.2, 0) is 7.05 Å². The molecule has 0 aliphatic carbocycles. The van der Waals surface area contributed by atoms with Gasteiger partial charge in [0.1, 0.15) is 5.52 Å². The standard InChI is InChI=1S/C13H13N5O2/c1-3-20-13-15-6-7-4-5-8-10(12(14)19)17-18(2)11(8)9(7)16-13/h4-6H,3H2,1-2H3,(H2,14,19). The Morgan fingerprint density at radius 2 is 2.25 bits per heavy atom. The lowest BCUT2D eigenvalue weighted by molar-refractivity contribution is 0.0996. The fourth-order valence-electron chi connectivity index (χ4n) is 2.22. The van der Waals surface area contributed by atoms with Gasteiger partial charge in [-0.15, -0.1) is 0 Å². The molecule has 102 valence electrons. The quantitative estimate of drug-likeness (QED) is 0.767. The number of aryl methyl sites for hydroxylation is 1. The Morgan fingerprint density at radius 3 is 2.95 bits per heavy atom. The van der Waals surface area contributed by atoms with Crippen molar-refractivity contribution in [3.05, 3.63) is 24.0 Å². The maximum absolute atomic E-state index is 11.4. The lowest BCUT2D eigenvalue weighted by Crippen LogP contribution is -2.12. The summed E-state index contributed by atoms with van der Waals surface area (Å²) in [5.74, 6) is -0.561. The highest BCUT2D eigenvalue weighted by atomic mass is 16.5. The van der Waals surface area contributed by atoms with Gasteiger partial charge < -0.3 is 10.5 Å². The van der Waals surface area contributed by atoms with Gasteiger partial charge >= 0.3 is 6.01 Å². The first-order valence-electron chi connectivity index (χ1n) is 6.17. The largest absolute Gasteiger partial charge is 0.464 e. The molecule has 3 rings (SSSR count). The van der Waals surface area contributed by atoms with E-state index in [1.54, 1.807) is 24.0 Å². The number of hydrogen-bond donors (Lipinski definition) is 1. The summed E-state index contributed by atoms with van der Waals surface area (Å²) in [7, 11) is 1.75. The molecular weight excluding hydrogens is 258 g/mol. The second kappa shape index (κ2) is 4.44. The van der Waals surface area contributed by atoms with Crippen molar-refractivity contribution in [1.29, 1.82) is 0 Å². The number of hydrogen-bond acceptors (Lipinski definition) is 5. The molecule has 0 radical (unpaired) electrons. The molecule has 20 heavy (non-hydrogen) atoms. The third kappa shape index (κ3) is 1.75. The van der Waals surface area contributed by atoms with E-state index in [-0.39, 0.29) is 5.69 Å². The topological polar surface area (TPSA) is 95.9 Å². The second-order valence-corrected chi connectivity index (χ2v) is 4.32. The molecule has 0 aliphatic heterocycles.